The molecular formula is C19H15NO2. The number of nitriles is 1. The molecule has 3 aromatic rings. The Morgan fingerprint density at radius 1 is 0.955 bits per heavy atom. The van der Waals surface area contributed by atoms with Crippen LogP contribution in [0.3, 0.4) is 0 Å². The summed E-state index contributed by atoms with van der Waals surface area (Å²) in [6.07, 6.45) is 0. The largest absolute Gasteiger partial charge is 0.497 e. The number of hydrogen-bond donors (Lipinski definition) is 0. The molecular weight excluding hydrogens is 274 g/mol. The number of methoxy groups -OCH3 is 1. The third-order valence-corrected chi connectivity index (χ3v) is 3.50. The first-order chi connectivity index (χ1) is 10.8. The molecule has 0 unspecified atom stereocenters. The summed E-state index contributed by atoms with van der Waals surface area (Å²) in [5.74, 6) is 1.43. The van der Waals surface area contributed by atoms with Crippen LogP contribution >= 0.6 is 0 Å². The quantitative estimate of drug-likeness (QED) is 0.719. The molecule has 108 valence electrons. The van der Waals surface area contributed by atoms with Gasteiger partial charge in [0.2, 0.25) is 0 Å². The van der Waals surface area contributed by atoms with E-state index in [4.69, 9.17) is 9.47 Å². The van der Waals surface area contributed by atoms with Crippen LogP contribution in [0.25, 0.3) is 10.8 Å². The fraction of sp³-hybridized carbons (Fsp3) is 0.105. The number of fused-ring (bicyclic) bond motifs is 1. The summed E-state index contributed by atoms with van der Waals surface area (Å²) in [6.45, 7) is 0.480. The predicted octanol–water partition coefficient (Wildman–Crippen LogP) is 4.30. The molecule has 3 heteroatoms. The van der Waals surface area contributed by atoms with Crippen LogP contribution in [0.1, 0.15) is 11.1 Å². The Morgan fingerprint density at radius 3 is 2.50 bits per heavy atom. The number of hydrogen-bond acceptors (Lipinski definition) is 3. The Labute approximate surface area is 129 Å². The highest BCUT2D eigenvalue weighted by molar-refractivity contribution is 5.90. The van der Waals surface area contributed by atoms with E-state index in [9.17, 15) is 5.26 Å². The summed E-state index contributed by atoms with van der Waals surface area (Å²) in [5, 5.41) is 11.2. The van der Waals surface area contributed by atoms with Crippen molar-refractivity contribution in [3.63, 3.8) is 0 Å². The van der Waals surface area contributed by atoms with Crippen molar-refractivity contribution in [3.05, 3.63) is 71.8 Å². The molecule has 0 spiro atoms. The normalized spacial score (nSPS) is 10.2. The van der Waals surface area contributed by atoms with Crippen molar-refractivity contribution < 1.29 is 9.47 Å². The Hall–Kier alpha value is -2.99. The Kier molecular flexibility index (Phi) is 3.93. The Morgan fingerprint density at radius 2 is 1.77 bits per heavy atom. The standard InChI is InChI=1S/C19H15NO2/c1-21-17-8-7-15-9-18(10-16(12-20)19(15)11-17)22-13-14-5-3-2-4-6-14/h2-11H,13H2,1H3. The average molecular weight is 289 g/mol. The van der Waals surface area contributed by atoms with Crippen LogP contribution in [0, 0.1) is 11.3 Å². The maximum Gasteiger partial charge on any atom is 0.121 e. The van der Waals surface area contributed by atoms with Crippen molar-refractivity contribution in [2.75, 3.05) is 7.11 Å². The van der Waals surface area contributed by atoms with Crippen LogP contribution in [0.5, 0.6) is 11.5 Å². The molecule has 0 amide bonds. The topological polar surface area (TPSA) is 42.2 Å². The van der Waals surface area contributed by atoms with Crippen LogP contribution in [0.2, 0.25) is 0 Å². The van der Waals surface area contributed by atoms with E-state index in [1.165, 1.54) is 0 Å². The minimum atomic E-state index is 0.480. The molecule has 0 saturated heterocycles. The molecule has 0 aliphatic rings. The van der Waals surface area contributed by atoms with E-state index in [0.29, 0.717) is 17.9 Å². The van der Waals surface area contributed by atoms with Gasteiger partial charge in [0.25, 0.3) is 0 Å². The van der Waals surface area contributed by atoms with E-state index < -0.39 is 0 Å². The van der Waals surface area contributed by atoms with Gasteiger partial charge in [-0.15, -0.1) is 0 Å². The van der Waals surface area contributed by atoms with Gasteiger partial charge in [0, 0.05) is 5.39 Å². The molecule has 3 nitrogen and oxygen atoms in total. The van der Waals surface area contributed by atoms with Gasteiger partial charge in [-0.1, -0.05) is 36.4 Å². The van der Waals surface area contributed by atoms with Gasteiger partial charge in [-0.05, 0) is 35.2 Å². The van der Waals surface area contributed by atoms with E-state index in [2.05, 4.69) is 6.07 Å². The van der Waals surface area contributed by atoms with Crippen LogP contribution in [0.4, 0.5) is 0 Å². The number of ether oxygens (including phenoxy) is 2. The lowest BCUT2D eigenvalue weighted by atomic mass is 10.0. The summed E-state index contributed by atoms with van der Waals surface area (Å²) >= 11 is 0. The first-order valence-electron chi connectivity index (χ1n) is 6.99. The number of benzene rings is 3. The molecule has 0 saturated carbocycles. The maximum absolute atomic E-state index is 9.36. The van der Waals surface area contributed by atoms with Gasteiger partial charge in [0.05, 0.1) is 18.7 Å². The molecule has 0 bridgehead atoms. The van der Waals surface area contributed by atoms with Crippen LogP contribution in [0.15, 0.2) is 60.7 Å². The second-order valence-corrected chi connectivity index (χ2v) is 4.94. The lowest BCUT2D eigenvalue weighted by Crippen LogP contribution is -1.96. The molecule has 0 fully saturated rings. The fourth-order valence-corrected chi connectivity index (χ4v) is 2.35. The van der Waals surface area contributed by atoms with E-state index in [-0.39, 0.29) is 0 Å². The molecule has 0 aliphatic heterocycles. The van der Waals surface area contributed by atoms with E-state index in [1.54, 1.807) is 13.2 Å². The SMILES string of the molecule is COc1ccc2cc(OCc3ccccc3)cc(C#N)c2c1. The van der Waals surface area contributed by atoms with E-state index in [1.807, 2.05) is 54.6 Å². The zero-order chi connectivity index (χ0) is 15.4. The molecule has 0 aromatic heterocycles. The predicted molar refractivity (Wildman–Crippen MR) is 86.0 cm³/mol. The molecule has 3 aromatic carbocycles. The van der Waals surface area contributed by atoms with Gasteiger partial charge in [-0.3, -0.25) is 0 Å². The lowest BCUT2D eigenvalue weighted by Gasteiger charge is -2.10. The summed E-state index contributed by atoms with van der Waals surface area (Å²) in [6, 6.07) is 21.6. The average Bonchev–Trinajstić information content (AvgIpc) is 2.59. The van der Waals surface area contributed by atoms with Crippen molar-refractivity contribution in [2.45, 2.75) is 6.61 Å². The molecule has 0 radical (unpaired) electrons. The molecule has 0 aliphatic carbocycles. The van der Waals surface area contributed by atoms with Gasteiger partial charge in [0.15, 0.2) is 0 Å². The molecule has 0 atom stereocenters. The van der Waals surface area contributed by atoms with E-state index in [0.717, 1.165) is 22.1 Å². The van der Waals surface area contributed by atoms with Crippen LogP contribution < -0.4 is 9.47 Å². The monoisotopic (exact) mass is 289 g/mol. The van der Waals surface area contributed by atoms with Crippen LogP contribution in [-0.2, 0) is 6.61 Å². The molecule has 0 N–H and O–H groups in total. The van der Waals surface area contributed by atoms with Gasteiger partial charge in [-0.2, -0.15) is 5.26 Å². The first-order valence-corrected chi connectivity index (χ1v) is 6.99. The van der Waals surface area contributed by atoms with Gasteiger partial charge in [0.1, 0.15) is 18.1 Å². The highest BCUT2D eigenvalue weighted by Gasteiger charge is 2.06. The van der Waals surface area contributed by atoms with Crippen molar-refractivity contribution in [1.82, 2.24) is 0 Å². The summed E-state index contributed by atoms with van der Waals surface area (Å²) < 4.78 is 11.0. The molecule has 0 heterocycles. The highest BCUT2D eigenvalue weighted by atomic mass is 16.5. The molecule has 22 heavy (non-hydrogen) atoms. The Bertz CT molecular complexity index is 835. The van der Waals surface area contributed by atoms with Gasteiger partial charge in [-0.25, -0.2) is 0 Å². The van der Waals surface area contributed by atoms with Crippen molar-refractivity contribution in [3.8, 4) is 17.6 Å². The third kappa shape index (κ3) is 2.87. The number of rotatable bonds is 4. The van der Waals surface area contributed by atoms with Crippen LogP contribution in [-0.4, -0.2) is 7.11 Å². The highest BCUT2D eigenvalue weighted by Crippen LogP contribution is 2.28. The van der Waals surface area contributed by atoms with E-state index >= 15 is 0 Å². The maximum atomic E-state index is 9.36. The van der Waals surface area contributed by atoms with Crippen molar-refractivity contribution >= 4 is 10.8 Å². The second kappa shape index (κ2) is 6.19. The van der Waals surface area contributed by atoms with Crippen molar-refractivity contribution in [1.29, 1.82) is 5.26 Å². The third-order valence-electron chi connectivity index (χ3n) is 3.50. The summed E-state index contributed by atoms with van der Waals surface area (Å²) in [5.41, 5.74) is 1.68. The van der Waals surface area contributed by atoms with Crippen molar-refractivity contribution in [2.24, 2.45) is 0 Å². The first kappa shape index (κ1) is 14.0. The molecule has 3 rings (SSSR count). The zero-order valence-corrected chi connectivity index (χ0v) is 12.2. The second-order valence-electron chi connectivity index (χ2n) is 4.94. The summed E-state index contributed by atoms with van der Waals surface area (Å²) in [4.78, 5) is 0. The van der Waals surface area contributed by atoms with Gasteiger partial charge >= 0.3 is 0 Å². The fourth-order valence-electron chi connectivity index (χ4n) is 2.35. The zero-order valence-electron chi connectivity index (χ0n) is 12.2. The minimum Gasteiger partial charge on any atom is -0.497 e. The Balaban J connectivity index is 1.93. The summed E-state index contributed by atoms with van der Waals surface area (Å²) in [7, 11) is 1.62. The number of nitrogens with zero attached hydrogens (tertiary/aromatic N) is 1. The lowest BCUT2D eigenvalue weighted by molar-refractivity contribution is 0.306. The minimum absolute atomic E-state index is 0.480. The smallest absolute Gasteiger partial charge is 0.121 e. The van der Waals surface area contributed by atoms with Gasteiger partial charge < -0.3 is 9.47 Å².